The van der Waals surface area contributed by atoms with E-state index in [2.05, 4.69) is 4.98 Å². The summed E-state index contributed by atoms with van der Waals surface area (Å²) in [5.41, 5.74) is 0. The average molecular weight is 307 g/mol. The number of halogens is 1. The molecule has 1 fully saturated rings. The highest BCUT2D eigenvalue weighted by Crippen LogP contribution is 2.19. The van der Waals surface area contributed by atoms with Crippen LogP contribution in [0.4, 0.5) is 0 Å². The van der Waals surface area contributed by atoms with Crippen molar-refractivity contribution in [3.8, 4) is 0 Å². The zero-order chi connectivity index (χ0) is 13.9. The first-order chi connectivity index (χ1) is 9.00. The fourth-order valence-electron chi connectivity index (χ4n) is 2.30. The van der Waals surface area contributed by atoms with Crippen LogP contribution in [0, 0.1) is 0 Å². The Bertz CT molecular complexity index is 521. The molecule has 0 bridgehead atoms. The summed E-state index contributed by atoms with van der Waals surface area (Å²) >= 11 is 0. The minimum Gasteiger partial charge on any atom is -0.376 e. The molecule has 0 radical (unpaired) electrons. The highest BCUT2D eigenvalue weighted by molar-refractivity contribution is 8.13. The maximum atomic E-state index is 11.4. The third-order valence-corrected chi connectivity index (χ3v) is 4.41. The fourth-order valence-corrected chi connectivity index (χ4v) is 2.99. The predicted molar refractivity (Wildman–Crippen MR) is 72.9 cm³/mol. The quantitative estimate of drug-likeness (QED) is 0.783. The fraction of sp³-hybridized carbons (Fsp3) is 0.750. The second kappa shape index (κ2) is 6.24. The number of aromatic nitrogens is 2. The number of nitrogens with zero attached hydrogens (tertiary/aromatic N) is 2. The summed E-state index contributed by atoms with van der Waals surface area (Å²) in [6.07, 6.45) is 6.57. The third kappa shape index (κ3) is 3.94. The van der Waals surface area contributed by atoms with E-state index >= 15 is 0 Å². The van der Waals surface area contributed by atoms with Crippen molar-refractivity contribution in [1.82, 2.24) is 9.55 Å². The topological polar surface area (TPSA) is 61.2 Å². The van der Waals surface area contributed by atoms with Gasteiger partial charge in [-0.1, -0.05) is 6.92 Å². The highest BCUT2D eigenvalue weighted by Gasteiger charge is 2.20. The first kappa shape index (κ1) is 14.8. The molecule has 0 spiro atoms. The number of imidazole rings is 1. The highest BCUT2D eigenvalue weighted by atomic mass is 35.7. The van der Waals surface area contributed by atoms with Gasteiger partial charge in [-0.2, -0.15) is 0 Å². The molecule has 108 valence electrons. The Hall–Kier alpha value is -0.590. The molecule has 0 amide bonds. The van der Waals surface area contributed by atoms with Crippen LogP contribution >= 0.6 is 10.7 Å². The van der Waals surface area contributed by atoms with Gasteiger partial charge in [-0.25, -0.2) is 13.4 Å². The lowest BCUT2D eigenvalue weighted by atomic mass is 10.1. The van der Waals surface area contributed by atoms with Crippen molar-refractivity contribution < 1.29 is 13.2 Å². The molecule has 1 unspecified atom stereocenters. The molecule has 1 aromatic heterocycles. The second-order valence-corrected chi connectivity index (χ2v) is 7.34. The summed E-state index contributed by atoms with van der Waals surface area (Å²) in [6.45, 7) is 3.46. The van der Waals surface area contributed by atoms with Crippen molar-refractivity contribution in [2.24, 2.45) is 0 Å². The van der Waals surface area contributed by atoms with E-state index in [4.69, 9.17) is 15.4 Å². The minimum atomic E-state index is -3.76. The largest absolute Gasteiger partial charge is 0.376 e. The molecule has 5 nitrogen and oxygen atoms in total. The molecule has 7 heteroatoms. The van der Waals surface area contributed by atoms with E-state index in [0.717, 1.165) is 44.5 Å². The van der Waals surface area contributed by atoms with Crippen molar-refractivity contribution in [3.05, 3.63) is 12.0 Å². The van der Waals surface area contributed by atoms with Gasteiger partial charge in [0.15, 0.2) is 5.03 Å². The van der Waals surface area contributed by atoms with Crippen molar-refractivity contribution in [2.75, 3.05) is 6.61 Å². The smallest absolute Gasteiger partial charge is 0.280 e. The van der Waals surface area contributed by atoms with Crippen LogP contribution < -0.4 is 0 Å². The zero-order valence-corrected chi connectivity index (χ0v) is 12.6. The van der Waals surface area contributed by atoms with Gasteiger partial charge in [0, 0.05) is 29.9 Å². The van der Waals surface area contributed by atoms with E-state index in [1.54, 1.807) is 0 Å². The van der Waals surface area contributed by atoms with Crippen LogP contribution in [0.15, 0.2) is 11.2 Å². The van der Waals surface area contributed by atoms with Crippen LogP contribution in [0.5, 0.6) is 0 Å². The molecule has 0 N–H and O–H groups in total. The lowest BCUT2D eigenvalue weighted by Gasteiger charge is -2.23. The Morgan fingerprint density at radius 2 is 2.32 bits per heavy atom. The Morgan fingerprint density at radius 1 is 1.53 bits per heavy atom. The summed E-state index contributed by atoms with van der Waals surface area (Å²) in [5, 5.41) is -0.0616. The van der Waals surface area contributed by atoms with Crippen molar-refractivity contribution in [3.63, 3.8) is 0 Å². The van der Waals surface area contributed by atoms with Crippen molar-refractivity contribution in [2.45, 2.75) is 56.7 Å². The number of ether oxygens (including phenoxy) is 1. The van der Waals surface area contributed by atoms with Crippen LogP contribution in [-0.2, 0) is 26.8 Å². The lowest BCUT2D eigenvalue weighted by Crippen LogP contribution is -2.25. The number of hydrogen-bond donors (Lipinski definition) is 0. The van der Waals surface area contributed by atoms with Gasteiger partial charge >= 0.3 is 0 Å². The molecule has 1 atom stereocenters. The monoisotopic (exact) mass is 306 g/mol. The normalized spacial score (nSPS) is 20.6. The number of aryl methyl sites for hydroxylation is 1. The summed E-state index contributed by atoms with van der Waals surface area (Å²) in [4.78, 5) is 4.12. The van der Waals surface area contributed by atoms with E-state index in [9.17, 15) is 8.42 Å². The van der Waals surface area contributed by atoms with E-state index in [1.165, 1.54) is 6.20 Å². The van der Waals surface area contributed by atoms with Gasteiger partial charge in [0.2, 0.25) is 0 Å². The molecule has 1 aromatic rings. The Labute approximate surface area is 118 Å². The molecule has 2 heterocycles. The van der Waals surface area contributed by atoms with E-state index < -0.39 is 9.05 Å². The Kier molecular flexibility index (Phi) is 4.86. The molecule has 0 saturated carbocycles. The number of rotatable bonds is 5. The van der Waals surface area contributed by atoms with Gasteiger partial charge in [-0.05, 0) is 25.7 Å². The maximum absolute atomic E-state index is 11.4. The lowest BCUT2D eigenvalue weighted by molar-refractivity contribution is 0.00550. The van der Waals surface area contributed by atoms with Crippen molar-refractivity contribution >= 4 is 19.7 Å². The summed E-state index contributed by atoms with van der Waals surface area (Å²) in [5.74, 6) is 0.760. The zero-order valence-electron chi connectivity index (χ0n) is 11.0. The molecule has 0 aromatic carbocycles. The van der Waals surface area contributed by atoms with Gasteiger partial charge in [-0.3, -0.25) is 0 Å². The summed E-state index contributed by atoms with van der Waals surface area (Å²) < 4.78 is 30.3. The average Bonchev–Trinajstić information content (AvgIpc) is 2.74. The van der Waals surface area contributed by atoms with E-state index in [-0.39, 0.29) is 11.1 Å². The standard InChI is InChI=1S/C12H19ClN2O3S/c1-2-5-11-14-12(19(13,16)17)9-15(11)8-10-6-3-4-7-18-10/h9-10H,2-8H2,1H3. The molecular formula is C12H19ClN2O3S. The maximum Gasteiger partial charge on any atom is 0.280 e. The predicted octanol–water partition coefficient (Wildman–Crippen LogP) is 2.33. The molecule has 2 rings (SSSR count). The number of hydrogen-bond acceptors (Lipinski definition) is 4. The van der Waals surface area contributed by atoms with E-state index in [0.29, 0.717) is 6.54 Å². The minimum absolute atomic E-state index is 0.0616. The second-order valence-electron chi connectivity index (χ2n) is 4.82. The molecule has 0 aliphatic carbocycles. The van der Waals surface area contributed by atoms with Crippen LogP contribution in [0.3, 0.4) is 0 Å². The summed E-state index contributed by atoms with van der Waals surface area (Å²) in [7, 11) is 1.59. The van der Waals surface area contributed by atoms with Crippen LogP contribution in [-0.4, -0.2) is 30.7 Å². The van der Waals surface area contributed by atoms with Crippen LogP contribution in [0.25, 0.3) is 0 Å². The van der Waals surface area contributed by atoms with Crippen LogP contribution in [0.2, 0.25) is 0 Å². The Balaban J connectivity index is 2.19. The SMILES string of the molecule is CCCc1nc(S(=O)(=O)Cl)cn1CC1CCCCO1. The molecule has 1 aliphatic heterocycles. The summed E-state index contributed by atoms with van der Waals surface area (Å²) in [6, 6.07) is 0. The first-order valence-corrected chi connectivity index (χ1v) is 8.94. The molecule has 1 aliphatic rings. The molecule has 1 saturated heterocycles. The first-order valence-electron chi connectivity index (χ1n) is 6.63. The van der Waals surface area contributed by atoms with E-state index in [1.807, 2.05) is 11.5 Å². The molecule has 19 heavy (non-hydrogen) atoms. The van der Waals surface area contributed by atoms with Gasteiger partial charge in [0.1, 0.15) is 5.82 Å². The van der Waals surface area contributed by atoms with Gasteiger partial charge < -0.3 is 9.30 Å². The third-order valence-electron chi connectivity index (χ3n) is 3.23. The van der Waals surface area contributed by atoms with Gasteiger partial charge in [0.05, 0.1) is 12.6 Å². The van der Waals surface area contributed by atoms with Crippen molar-refractivity contribution in [1.29, 1.82) is 0 Å². The van der Waals surface area contributed by atoms with Gasteiger partial charge in [0.25, 0.3) is 9.05 Å². The Morgan fingerprint density at radius 3 is 2.89 bits per heavy atom. The molecular weight excluding hydrogens is 288 g/mol. The van der Waals surface area contributed by atoms with Crippen LogP contribution in [0.1, 0.15) is 38.4 Å². The van der Waals surface area contributed by atoms with Gasteiger partial charge in [-0.15, -0.1) is 0 Å².